The number of carbonyl (C=O) groups is 2. The van der Waals surface area contributed by atoms with E-state index in [1.807, 2.05) is 108 Å². The molecule has 4 heterocycles. The molecule has 0 spiro atoms. The molecule has 2 atom stereocenters. The number of nitrogens with zero attached hydrogens (tertiary/aromatic N) is 3. The molecule has 4 aliphatic heterocycles. The highest BCUT2D eigenvalue weighted by Gasteiger charge is 2.39. The van der Waals surface area contributed by atoms with Crippen molar-refractivity contribution < 1.29 is 28.5 Å². The number of aliphatic imine (C=N–C) groups is 1. The van der Waals surface area contributed by atoms with E-state index in [0.29, 0.717) is 64.2 Å². The minimum Gasteiger partial charge on any atom is -0.497 e. The second-order valence-corrected chi connectivity index (χ2v) is 16.0. The fourth-order valence-corrected chi connectivity index (χ4v) is 8.55. The molecule has 0 radical (unpaired) electrons. The molecule has 4 aliphatic rings. The van der Waals surface area contributed by atoms with Gasteiger partial charge in [-0.15, -0.1) is 0 Å². The normalized spacial score (nSPS) is 17.9. The Morgan fingerprint density at radius 3 is 1.91 bits per heavy atom. The monoisotopic (exact) mass is 755 g/mol. The zero-order valence-electron chi connectivity index (χ0n) is 32.9. The minimum atomic E-state index is -0.919. The van der Waals surface area contributed by atoms with Crippen molar-refractivity contribution in [2.75, 3.05) is 41.6 Å². The Morgan fingerprint density at radius 1 is 0.702 bits per heavy atom. The number of nitrogens with one attached hydrogen (secondary N) is 1. The third-order valence-electron chi connectivity index (χ3n) is 11.6. The summed E-state index contributed by atoms with van der Waals surface area (Å²) >= 11 is 0. The van der Waals surface area contributed by atoms with Crippen LogP contribution in [0.3, 0.4) is 0 Å². The predicted molar refractivity (Wildman–Crippen MR) is 234 cm³/mol. The Morgan fingerprint density at radius 2 is 1.26 bits per heavy atom. The zero-order valence-corrected chi connectivity index (χ0v) is 32.9. The third kappa shape index (κ3) is 6.16. The number of amides is 2. The van der Waals surface area contributed by atoms with Gasteiger partial charge in [-0.1, -0.05) is 42.5 Å². The van der Waals surface area contributed by atoms with Crippen LogP contribution in [0, 0.1) is 0 Å². The standard InChI is InChI=1S/C42H41B4N5O6/c1-54-35-16-29-31(48-20-27-11-22-7-3-5-9-33(22)50(27)39(29)52)18-37(35)56-41(43,44)24-13-25(15-26(47)14-24)42(45,46)57-38-19-32-30(17-36(38)55-2)40(53)51-28(21-49-32)12-23-8-4-6-10-34(23)51/h3-10,13-20,27-28,49H,11-12,21,43-47H2,1-2H3/t27-,28-/m0/s1. The van der Waals surface area contributed by atoms with Gasteiger partial charge >= 0.3 is 0 Å². The fourth-order valence-electron chi connectivity index (χ4n) is 8.55. The topological polar surface area (TPSA) is 128 Å². The number of hydrogen-bond donors (Lipinski definition) is 2. The molecule has 0 aromatic heterocycles. The Labute approximate surface area is 335 Å². The maximum Gasteiger partial charge on any atom is 0.261 e. The summed E-state index contributed by atoms with van der Waals surface area (Å²) in [5, 5.41) is 1.69. The van der Waals surface area contributed by atoms with Gasteiger partial charge in [-0.05, 0) is 65.1 Å². The van der Waals surface area contributed by atoms with E-state index in [1.165, 1.54) is 5.56 Å². The Bertz CT molecular complexity index is 2530. The lowest BCUT2D eigenvalue weighted by atomic mass is 9.57. The molecule has 11 nitrogen and oxygen atoms in total. The molecule has 0 aliphatic carbocycles. The van der Waals surface area contributed by atoms with Gasteiger partial charge in [0.25, 0.3) is 11.8 Å². The molecule has 9 rings (SSSR count). The Hall–Kier alpha value is -6.23. The second-order valence-electron chi connectivity index (χ2n) is 16.0. The van der Waals surface area contributed by atoms with E-state index in [9.17, 15) is 9.59 Å². The first kappa shape index (κ1) is 36.4. The van der Waals surface area contributed by atoms with Gasteiger partial charge in [0, 0.05) is 48.4 Å². The van der Waals surface area contributed by atoms with Crippen LogP contribution in [0.1, 0.15) is 43.0 Å². The predicted octanol–water partition coefficient (Wildman–Crippen LogP) is 2.48. The highest BCUT2D eigenvalue weighted by Crippen LogP contribution is 2.44. The van der Waals surface area contributed by atoms with Crippen molar-refractivity contribution >= 4 is 77.9 Å². The van der Waals surface area contributed by atoms with Crippen LogP contribution in [0.15, 0.2) is 96.0 Å². The van der Waals surface area contributed by atoms with E-state index in [1.54, 1.807) is 32.4 Å². The molecule has 57 heavy (non-hydrogen) atoms. The van der Waals surface area contributed by atoms with E-state index in [-0.39, 0.29) is 23.9 Å². The van der Waals surface area contributed by atoms with Crippen molar-refractivity contribution in [2.45, 2.75) is 35.7 Å². The van der Waals surface area contributed by atoms with Gasteiger partial charge in [0.1, 0.15) is 0 Å². The molecule has 15 heteroatoms. The smallest absolute Gasteiger partial charge is 0.261 e. The van der Waals surface area contributed by atoms with Gasteiger partial charge in [0.15, 0.2) is 54.4 Å². The molecule has 2 amide bonds. The molecule has 0 fully saturated rings. The third-order valence-corrected chi connectivity index (χ3v) is 11.6. The van der Waals surface area contributed by atoms with Gasteiger partial charge in [-0.2, -0.15) is 0 Å². The molecule has 5 aromatic carbocycles. The minimum absolute atomic E-state index is 0.00209. The highest BCUT2D eigenvalue weighted by molar-refractivity contribution is 6.40. The van der Waals surface area contributed by atoms with Gasteiger partial charge in [0.2, 0.25) is 0 Å². The van der Waals surface area contributed by atoms with Crippen molar-refractivity contribution in [2.24, 2.45) is 4.99 Å². The van der Waals surface area contributed by atoms with Crippen molar-refractivity contribution in [3.05, 3.63) is 124 Å². The van der Waals surface area contributed by atoms with Gasteiger partial charge in [-0.3, -0.25) is 19.5 Å². The van der Waals surface area contributed by atoms with Crippen molar-refractivity contribution in [3.8, 4) is 23.0 Å². The molecular weight excluding hydrogens is 714 g/mol. The van der Waals surface area contributed by atoms with Crippen molar-refractivity contribution in [3.63, 3.8) is 0 Å². The number of nitrogens with two attached hydrogens (primary N) is 1. The van der Waals surface area contributed by atoms with Crippen LogP contribution in [0.4, 0.5) is 28.4 Å². The number of rotatable bonds is 8. The quantitative estimate of drug-likeness (QED) is 0.183. The number of fused-ring (bicyclic) bond motifs is 8. The molecule has 3 N–H and O–H groups in total. The van der Waals surface area contributed by atoms with Crippen LogP contribution < -0.4 is 39.8 Å². The second kappa shape index (κ2) is 13.5. The molecule has 0 saturated heterocycles. The van der Waals surface area contributed by atoms with E-state index < -0.39 is 10.8 Å². The van der Waals surface area contributed by atoms with Crippen molar-refractivity contribution in [1.82, 2.24) is 0 Å². The van der Waals surface area contributed by atoms with E-state index in [2.05, 4.69) is 17.4 Å². The van der Waals surface area contributed by atoms with E-state index in [0.717, 1.165) is 34.5 Å². The van der Waals surface area contributed by atoms with E-state index >= 15 is 0 Å². The van der Waals surface area contributed by atoms with Gasteiger partial charge in [-0.25, -0.2) is 0 Å². The Kier molecular flexibility index (Phi) is 8.60. The summed E-state index contributed by atoms with van der Waals surface area (Å²) in [5.74, 6) is 1.57. The Balaban J connectivity index is 0.995. The number of nitrogen functional groups attached to an aromatic ring is 1. The molecule has 282 valence electrons. The summed E-state index contributed by atoms with van der Waals surface area (Å²) in [4.78, 5) is 36.5. The lowest BCUT2D eigenvalue weighted by Crippen LogP contribution is -2.39. The van der Waals surface area contributed by atoms with Crippen LogP contribution in [0.5, 0.6) is 23.0 Å². The summed E-state index contributed by atoms with van der Waals surface area (Å²) in [6, 6.07) is 28.7. The fraction of sp³-hybridized carbons (Fsp3) is 0.214. The zero-order chi connectivity index (χ0) is 39.8. The number of hydrogen-bond acceptors (Lipinski definition) is 9. The molecule has 0 unspecified atom stereocenters. The highest BCUT2D eigenvalue weighted by atomic mass is 16.5. The van der Waals surface area contributed by atoms with Gasteiger partial charge < -0.3 is 34.9 Å². The maximum atomic E-state index is 14.0. The van der Waals surface area contributed by atoms with Crippen LogP contribution >= 0.6 is 0 Å². The molecule has 5 aromatic rings. The number of methoxy groups -OCH3 is 2. The van der Waals surface area contributed by atoms with Crippen LogP contribution in [0.2, 0.25) is 0 Å². The van der Waals surface area contributed by atoms with Crippen LogP contribution in [-0.4, -0.2) is 82.3 Å². The van der Waals surface area contributed by atoms with E-state index in [4.69, 9.17) is 29.7 Å². The largest absolute Gasteiger partial charge is 0.497 e. The van der Waals surface area contributed by atoms with Crippen LogP contribution in [0.25, 0.3) is 0 Å². The number of benzene rings is 5. The summed E-state index contributed by atoms with van der Waals surface area (Å²) in [7, 11) is 11.0. The average Bonchev–Trinajstić information content (AvgIpc) is 3.68. The first-order chi connectivity index (χ1) is 27.3. The maximum absolute atomic E-state index is 14.0. The number of para-hydroxylation sites is 2. The molecule has 0 saturated carbocycles. The summed E-state index contributed by atoms with van der Waals surface area (Å²) in [6.07, 6.45) is 3.33. The lowest BCUT2D eigenvalue weighted by Gasteiger charge is -2.33. The number of carbonyl (C=O) groups excluding carboxylic acids is 2. The summed E-state index contributed by atoms with van der Waals surface area (Å²) < 4.78 is 25.1. The number of ether oxygens (including phenoxy) is 4. The summed E-state index contributed by atoms with van der Waals surface area (Å²) in [6.45, 7) is 0.599. The van der Waals surface area contributed by atoms with Crippen molar-refractivity contribution in [1.29, 1.82) is 0 Å². The molecule has 0 bridgehead atoms. The molecular formula is C42H41B4N5O6. The first-order valence-corrected chi connectivity index (χ1v) is 19.2. The lowest BCUT2D eigenvalue weighted by molar-refractivity contribution is 0.0976. The average molecular weight is 755 g/mol. The first-order valence-electron chi connectivity index (χ1n) is 19.2. The summed E-state index contributed by atoms with van der Waals surface area (Å²) in [5.41, 5.74) is 15.0. The van der Waals surface area contributed by atoms with Crippen LogP contribution in [-0.2, 0) is 23.6 Å². The SMILES string of the molecule is BC(B)(Oc1cc2c(cc1OC)C(=O)N1c3ccccc3C[C@H]1C=N2)c1cc(N)cc(C(B)(B)Oc2cc3c(cc2OC)C(=O)N2c4ccccc4C[C@H]2CN3)c1. The number of anilines is 4. The van der Waals surface area contributed by atoms with Gasteiger partial charge in [0.05, 0.1) is 59.6 Å².